The summed E-state index contributed by atoms with van der Waals surface area (Å²) in [6.07, 6.45) is 0.832. The zero-order chi connectivity index (χ0) is 9.68. The van der Waals surface area contributed by atoms with E-state index in [1.54, 1.807) is 12.1 Å². The largest absolute Gasteiger partial charge is 0.298 e. The molecule has 1 aromatic rings. The third-order valence-electron chi connectivity index (χ3n) is 1.69. The Labute approximate surface area is 86.3 Å². The quantitative estimate of drug-likeness (QED) is 0.416. The Hall–Kier alpha value is -1.07. The predicted octanol–water partition coefficient (Wildman–Crippen LogP) is 2.55. The molecule has 13 heavy (non-hydrogen) atoms. The van der Waals surface area contributed by atoms with Crippen molar-refractivity contribution in [2.24, 2.45) is 0 Å². The fourth-order valence-electron chi connectivity index (χ4n) is 0.976. The predicted molar refractivity (Wildman–Crippen MR) is 57.2 cm³/mol. The van der Waals surface area contributed by atoms with Crippen LogP contribution >= 0.6 is 15.9 Å². The molecular formula is C11H9BrO. The Balaban J connectivity index is 3.11. The minimum Gasteiger partial charge on any atom is -0.298 e. The molecule has 2 heteroatoms. The lowest BCUT2D eigenvalue weighted by molar-refractivity contribution is 0.112. The van der Waals surface area contributed by atoms with Gasteiger partial charge in [-0.05, 0) is 18.6 Å². The molecule has 0 heterocycles. The molecule has 0 fully saturated rings. The van der Waals surface area contributed by atoms with Crippen molar-refractivity contribution in [3.05, 3.63) is 34.9 Å². The lowest BCUT2D eigenvalue weighted by Crippen LogP contribution is -1.86. The van der Waals surface area contributed by atoms with Crippen LogP contribution in [0.5, 0.6) is 0 Å². The fourth-order valence-corrected chi connectivity index (χ4v) is 1.12. The summed E-state index contributed by atoms with van der Waals surface area (Å²) in [6.45, 7) is 1.98. The van der Waals surface area contributed by atoms with Crippen LogP contribution in [0.2, 0.25) is 0 Å². The van der Waals surface area contributed by atoms with Gasteiger partial charge < -0.3 is 0 Å². The fraction of sp³-hybridized carbons (Fsp3) is 0.182. The Kier molecular flexibility index (Phi) is 3.72. The van der Waals surface area contributed by atoms with E-state index in [1.807, 2.05) is 13.0 Å². The molecule has 0 aliphatic rings. The maximum atomic E-state index is 10.5. The van der Waals surface area contributed by atoms with E-state index in [1.165, 1.54) is 0 Å². The first-order chi connectivity index (χ1) is 6.27. The van der Waals surface area contributed by atoms with Gasteiger partial charge in [-0.15, -0.1) is 0 Å². The molecule has 0 aromatic heterocycles. The van der Waals surface area contributed by atoms with E-state index in [9.17, 15) is 4.79 Å². The Bertz CT molecular complexity index is 371. The van der Waals surface area contributed by atoms with Crippen molar-refractivity contribution in [1.29, 1.82) is 0 Å². The molecular weight excluding hydrogens is 228 g/mol. The van der Waals surface area contributed by atoms with Gasteiger partial charge in [-0.25, -0.2) is 0 Å². The first-order valence-corrected chi connectivity index (χ1v) is 5.00. The van der Waals surface area contributed by atoms with Crippen molar-refractivity contribution < 1.29 is 4.79 Å². The number of carbonyl (C=O) groups excluding carboxylic acids is 1. The molecule has 66 valence electrons. The SMILES string of the molecule is Cc1ccc(C=O)cc1C#CCBr. The van der Waals surface area contributed by atoms with Gasteiger partial charge in [-0.3, -0.25) is 4.79 Å². The zero-order valence-corrected chi connectivity index (χ0v) is 8.89. The van der Waals surface area contributed by atoms with Gasteiger partial charge in [-0.2, -0.15) is 0 Å². The summed E-state index contributed by atoms with van der Waals surface area (Å²) in [5.41, 5.74) is 2.69. The van der Waals surface area contributed by atoms with Crippen molar-refractivity contribution in [3.8, 4) is 11.8 Å². The van der Waals surface area contributed by atoms with Gasteiger partial charge in [-0.1, -0.05) is 39.9 Å². The maximum Gasteiger partial charge on any atom is 0.150 e. The van der Waals surface area contributed by atoms with E-state index in [0.717, 1.165) is 17.4 Å². The highest BCUT2D eigenvalue weighted by Gasteiger charge is 1.95. The van der Waals surface area contributed by atoms with Crippen LogP contribution in [-0.4, -0.2) is 11.6 Å². The summed E-state index contributed by atoms with van der Waals surface area (Å²) in [5, 5.41) is 0.651. The van der Waals surface area contributed by atoms with Gasteiger partial charge in [0.15, 0.2) is 0 Å². The van der Waals surface area contributed by atoms with Gasteiger partial charge in [0, 0.05) is 11.1 Å². The number of alkyl halides is 1. The molecule has 0 N–H and O–H groups in total. The average molecular weight is 237 g/mol. The molecule has 1 nitrogen and oxygen atoms in total. The number of halogens is 1. The first kappa shape index (κ1) is 10.0. The van der Waals surface area contributed by atoms with Crippen molar-refractivity contribution in [2.75, 3.05) is 5.33 Å². The zero-order valence-electron chi connectivity index (χ0n) is 7.30. The van der Waals surface area contributed by atoms with Crippen LogP contribution in [0.1, 0.15) is 21.5 Å². The first-order valence-electron chi connectivity index (χ1n) is 3.88. The number of hydrogen-bond acceptors (Lipinski definition) is 1. The van der Waals surface area contributed by atoms with E-state index in [4.69, 9.17) is 0 Å². The molecule has 0 saturated heterocycles. The standard InChI is InChI=1S/C11H9BrO/c1-9-4-5-10(8-13)7-11(9)3-2-6-12/h4-5,7-8H,6H2,1H3. The van der Waals surface area contributed by atoms with Gasteiger partial charge in [0.2, 0.25) is 0 Å². The maximum absolute atomic E-state index is 10.5. The number of hydrogen-bond donors (Lipinski definition) is 0. The summed E-state index contributed by atoms with van der Waals surface area (Å²) >= 11 is 3.22. The molecule has 0 bridgehead atoms. The van der Waals surface area contributed by atoms with Crippen molar-refractivity contribution in [3.63, 3.8) is 0 Å². The Morgan fingerprint density at radius 3 is 2.92 bits per heavy atom. The van der Waals surface area contributed by atoms with Crippen LogP contribution in [0.4, 0.5) is 0 Å². The summed E-state index contributed by atoms with van der Waals surface area (Å²) in [5.74, 6) is 5.89. The smallest absolute Gasteiger partial charge is 0.150 e. The number of aryl methyl sites for hydroxylation is 1. The minimum absolute atomic E-state index is 0.651. The number of benzene rings is 1. The highest BCUT2D eigenvalue weighted by molar-refractivity contribution is 9.09. The monoisotopic (exact) mass is 236 g/mol. The second-order valence-electron chi connectivity index (χ2n) is 2.63. The van der Waals surface area contributed by atoms with Crippen LogP contribution < -0.4 is 0 Å². The minimum atomic E-state index is 0.651. The van der Waals surface area contributed by atoms with Crippen molar-refractivity contribution in [2.45, 2.75) is 6.92 Å². The van der Waals surface area contributed by atoms with Crippen LogP contribution in [0.3, 0.4) is 0 Å². The highest BCUT2D eigenvalue weighted by Crippen LogP contribution is 2.08. The third kappa shape index (κ3) is 2.71. The van der Waals surface area contributed by atoms with Crippen molar-refractivity contribution in [1.82, 2.24) is 0 Å². The lowest BCUT2D eigenvalue weighted by Gasteiger charge is -1.97. The normalized spacial score (nSPS) is 8.77. The van der Waals surface area contributed by atoms with E-state index in [0.29, 0.717) is 10.9 Å². The van der Waals surface area contributed by atoms with Crippen LogP contribution in [-0.2, 0) is 0 Å². The molecule has 0 aliphatic heterocycles. The van der Waals surface area contributed by atoms with Crippen LogP contribution in [0.25, 0.3) is 0 Å². The number of aldehydes is 1. The molecule has 0 amide bonds. The number of carbonyl (C=O) groups is 1. The molecule has 0 aliphatic carbocycles. The molecule has 0 spiro atoms. The Morgan fingerprint density at radius 1 is 1.54 bits per heavy atom. The molecule has 0 unspecified atom stereocenters. The second kappa shape index (κ2) is 4.84. The summed E-state index contributed by atoms with van der Waals surface area (Å²) in [6, 6.07) is 5.50. The lowest BCUT2D eigenvalue weighted by atomic mass is 10.1. The van der Waals surface area contributed by atoms with E-state index >= 15 is 0 Å². The molecule has 0 radical (unpaired) electrons. The van der Waals surface area contributed by atoms with Crippen LogP contribution in [0.15, 0.2) is 18.2 Å². The highest BCUT2D eigenvalue weighted by atomic mass is 79.9. The number of rotatable bonds is 1. The topological polar surface area (TPSA) is 17.1 Å². The summed E-state index contributed by atoms with van der Waals surface area (Å²) in [7, 11) is 0. The molecule has 0 atom stereocenters. The van der Waals surface area contributed by atoms with Gasteiger partial charge in [0.05, 0.1) is 5.33 Å². The third-order valence-corrected chi connectivity index (χ3v) is 1.97. The van der Waals surface area contributed by atoms with Crippen molar-refractivity contribution >= 4 is 22.2 Å². The van der Waals surface area contributed by atoms with Gasteiger partial charge in [0.25, 0.3) is 0 Å². The molecule has 1 aromatic carbocycles. The summed E-state index contributed by atoms with van der Waals surface area (Å²) < 4.78 is 0. The molecule has 0 saturated carbocycles. The Morgan fingerprint density at radius 2 is 2.31 bits per heavy atom. The van der Waals surface area contributed by atoms with Crippen LogP contribution in [0, 0.1) is 18.8 Å². The van der Waals surface area contributed by atoms with E-state index < -0.39 is 0 Å². The van der Waals surface area contributed by atoms with E-state index in [-0.39, 0.29) is 0 Å². The summed E-state index contributed by atoms with van der Waals surface area (Å²) in [4.78, 5) is 10.5. The average Bonchev–Trinajstić information content (AvgIpc) is 2.17. The van der Waals surface area contributed by atoms with E-state index in [2.05, 4.69) is 27.8 Å². The van der Waals surface area contributed by atoms with Gasteiger partial charge in [0.1, 0.15) is 6.29 Å². The van der Waals surface area contributed by atoms with Gasteiger partial charge >= 0.3 is 0 Å². The molecule has 1 rings (SSSR count). The second-order valence-corrected chi connectivity index (χ2v) is 3.19.